The maximum atomic E-state index is 14.2. The minimum Gasteiger partial charge on any atom is -0.339 e. The summed E-state index contributed by atoms with van der Waals surface area (Å²) in [6.07, 6.45) is 2.51. The van der Waals surface area contributed by atoms with E-state index in [1.54, 1.807) is 35.8 Å². The smallest absolute Gasteiger partial charge is 0.246 e. The highest BCUT2D eigenvalue weighted by atomic mass is 16.2. The van der Waals surface area contributed by atoms with Crippen LogP contribution in [0, 0.1) is 17.8 Å². The van der Waals surface area contributed by atoms with Crippen molar-refractivity contribution in [1.29, 1.82) is 0 Å². The van der Waals surface area contributed by atoms with Gasteiger partial charge in [0, 0.05) is 39.8 Å². The van der Waals surface area contributed by atoms with E-state index in [2.05, 4.69) is 0 Å². The van der Waals surface area contributed by atoms with Crippen molar-refractivity contribution >= 4 is 29.5 Å². The van der Waals surface area contributed by atoms with Crippen molar-refractivity contribution in [1.82, 2.24) is 24.5 Å². The maximum absolute atomic E-state index is 14.2. The van der Waals surface area contributed by atoms with E-state index in [1.165, 1.54) is 9.80 Å². The summed E-state index contributed by atoms with van der Waals surface area (Å²) in [4.78, 5) is 76.4. The largest absolute Gasteiger partial charge is 0.339 e. The zero-order valence-corrected chi connectivity index (χ0v) is 28.7. The van der Waals surface area contributed by atoms with Gasteiger partial charge >= 0.3 is 0 Å². The van der Waals surface area contributed by atoms with E-state index >= 15 is 0 Å². The third-order valence-corrected chi connectivity index (χ3v) is 9.28. The van der Waals surface area contributed by atoms with Gasteiger partial charge in [-0.2, -0.15) is 0 Å². The van der Waals surface area contributed by atoms with Crippen LogP contribution in [-0.2, 0) is 24.0 Å². The molecule has 5 amide bonds. The molecule has 2 aliphatic rings. The lowest BCUT2D eigenvalue weighted by Crippen LogP contribution is -2.61. The number of rotatable bonds is 10. The normalized spacial score (nSPS) is 21.3. The molecule has 2 aliphatic heterocycles. The minimum atomic E-state index is -0.826. The number of hydrogen-bond donors (Lipinski definition) is 1. The highest BCUT2D eigenvalue weighted by Crippen LogP contribution is 2.29. The van der Waals surface area contributed by atoms with Crippen LogP contribution in [0.15, 0.2) is 0 Å². The first-order valence-corrected chi connectivity index (χ1v) is 15.9. The summed E-state index contributed by atoms with van der Waals surface area (Å²) in [7, 11) is 4.96. The minimum absolute atomic E-state index is 0.0878. The van der Waals surface area contributed by atoms with Crippen LogP contribution in [-0.4, -0.2) is 124 Å². The van der Waals surface area contributed by atoms with Crippen LogP contribution in [0.3, 0.4) is 0 Å². The average molecular weight is 607 g/mol. The van der Waals surface area contributed by atoms with Gasteiger partial charge < -0.3 is 30.2 Å². The fourth-order valence-electron chi connectivity index (χ4n) is 6.29. The molecule has 2 fully saturated rings. The van der Waals surface area contributed by atoms with Gasteiger partial charge in [0.1, 0.15) is 24.2 Å². The summed E-state index contributed by atoms with van der Waals surface area (Å²) in [5, 5.41) is 0. The fraction of sp³-hybridized carbons (Fsp3) is 0.844. The molecule has 246 valence electrons. The zero-order valence-electron chi connectivity index (χ0n) is 28.7. The Bertz CT molecular complexity index is 1040. The Kier molecular flexibility index (Phi) is 12.2. The van der Waals surface area contributed by atoms with E-state index < -0.39 is 30.2 Å². The maximum Gasteiger partial charge on any atom is 0.246 e. The topological polar surface area (TPSA) is 128 Å². The lowest BCUT2D eigenvalue weighted by Gasteiger charge is -2.40. The van der Waals surface area contributed by atoms with Crippen LogP contribution in [0.1, 0.15) is 88.0 Å². The SMILES string of the molecule is CC(C)[C@H](N)C(=O)N(C)[C@H](C(=O)N(C)[C@H](C(=O)N1CCC[C@H]1C(=O)N1CCC[C@H]1C(=O)N(C)C(C)(C)C)C(C)C)C(C)C. The summed E-state index contributed by atoms with van der Waals surface area (Å²) in [6, 6.07) is -3.60. The van der Waals surface area contributed by atoms with E-state index in [4.69, 9.17) is 5.73 Å². The van der Waals surface area contributed by atoms with Gasteiger partial charge in [-0.1, -0.05) is 41.5 Å². The van der Waals surface area contributed by atoms with E-state index in [0.29, 0.717) is 32.4 Å². The molecule has 0 saturated carbocycles. The van der Waals surface area contributed by atoms with Gasteiger partial charge in [-0.25, -0.2) is 0 Å². The molecule has 0 spiro atoms. The summed E-state index contributed by atoms with van der Waals surface area (Å²) >= 11 is 0. The number of likely N-dealkylation sites (N-methyl/N-ethyl adjacent to an activating group) is 3. The molecule has 0 unspecified atom stereocenters. The number of carbonyl (C=O) groups excluding carboxylic acids is 5. The highest BCUT2D eigenvalue weighted by Gasteiger charge is 2.47. The Hall–Kier alpha value is -2.69. The Morgan fingerprint density at radius 3 is 1.63 bits per heavy atom. The molecule has 11 heteroatoms. The first-order chi connectivity index (χ1) is 19.7. The third-order valence-electron chi connectivity index (χ3n) is 9.28. The van der Waals surface area contributed by atoms with Gasteiger partial charge in [0.25, 0.3) is 0 Å². The monoisotopic (exact) mass is 606 g/mol. The number of likely N-dealkylation sites (tertiary alicyclic amines) is 2. The van der Waals surface area contributed by atoms with Gasteiger partial charge in [-0.3, -0.25) is 24.0 Å². The lowest BCUT2D eigenvalue weighted by molar-refractivity contribution is -0.156. The van der Waals surface area contributed by atoms with Crippen LogP contribution in [0.5, 0.6) is 0 Å². The molecule has 5 atom stereocenters. The van der Waals surface area contributed by atoms with Crippen molar-refractivity contribution in [3.8, 4) is 0 Å². The summed E-state index contributed by atoms with van der Waals surface area (Å²) < 4.78 is 0. The van der Waals surface area contributed by atoms with Gasteiger partial charge in [-0.05, 0) is 64.2 Å². The van der Waals surface area contributed by atoms with Crippen molar-refractivity contribution in [3.05, 3.63) is 0 Å². The average Bonchev–Trinajstić information content (AvgIpc) is 3.60. The summed E-state index contributed by atoms with van der Waals surface area (Å²) in [5.74, 6) is -1.79. The first-order valence-electron chi connectivity index (χ1n) is 15.9. The molecule has 2 heterocycles. The Morgan fingerprint density at radius 1 is 0.698 bits per heavy atom. The Morgan fingerprint density at radius 2 is 1.16 bits per heavy atom. The number of hydrogen-bond acceptors (Lipinski definition) is 6. The molecule has 0 bridgehead atoms. The van der Waals surface area contributed by atoms with Gasteiger partial charge in [0.2, 0.25) is 29.5 Å². The van der Waals surface area contributed by atoms with Crippen LogP contribution in [0.25, 0.3) is 0 Å². The number of carbonyl (C=O) groups is 5. The number of nitrogens with two attached hydrogens (primary N) is 1. The third kappa shape index (κ3) is 7.88. The Balaban J connectivity index is 2.32. The van der Waals surface area contributed by atoms with E-state index in [0.717, 1.165) is 6.42 Å². The lowest BCUT2D eigenvalue weighted by atomic mass is 9.95. The van der Waals surface area contributed by atoms with Crippen molar-refractivity contribution < 1.29 is 24.0 Å². The Labute approximate surface area is 259 Å². The number of amides is 5. The van der Waals surface area contributed by atoms with Crippen molar-refractivity contribution in [2.24, 2.45) is 23.5 Å². The summed E-state index contributed by atoms with van der Waals surface area (Å²) in [6.45, 7) is 18.0. The fourth-order valence-corrected chi connectivity index (χ4v) is 6.29. The standard InChI is InChI=1S/C32H58N6O5/c1-19(2)24(33)29(41)34(10)25(20(3)4)30(42)35(11)26(21(5)6)31(43)38-18-14-16-23(38)28(40)37-17-13-15-22(37)27(39)36(12)32(7,8)9/h19-26H,13-18,33H2,1-12H3/t22-,23-,24-,25-,26-/m0/s1. The van der Waals surface area contributed by atoms with Crippen molar-refractivity contribution in [3.63, 3.8) is 0 Å². The molecule has 0 aromatic rings. The van der Waals surface area contributed by atoms with Crippen LogP contribution in [0.2, 0.25) is 0 Å². The van der Waals surface area contributed by atoms with Gasteiger partial charge in [-0.15, -0.1) is 0 Å². The van der Waals surface area contributed by atoms with Crippen molar-refractivity contribution in [2.45, 2.75) is 124 Å². The molecule has 11 nitrogen and oxygen atoms in total. The quantitative estimate of drug-likeness (QED) is 0.406. The van der Waals surface area contributed by atoms with E-state index in [-0.39, 0.29) is 52.8 Å². The van der Waals surface area contributed by atoms with E-state index in [9.17, 15) is 24.0 Å². The highest BCUT2D eigenvalue weighted by molar-refractivity contribution is 5.96. The zero-order chi connectivity index (χ0) is 33.1. The second-order valence-electron chi connectivity index (χ2n) is 14.5. The number of nitrogens with zero attached hydrogens (tertiary/aromatic N) is 5. The molecule has 43 heavy (non-hydrogen) atoms. The van der Waals surface area contributed by atoms with Crippen LogP contribution in [0.4, 0.5) is 0 Å². The molecule has 2 rings (SSSR count). The molecular weight excluding hydrogens is 548 g/mol. The first kappa shape index (κ1) is 36.5. The molecule has 0 radical (unpaired) electrons. The molecule has 0 aromatic heterocycles. The van der Waals surface area contributed by atoms with Crippen LogP contribution < -0.4 is 5.73 Å². The molecule has 2 N–H and O–H groups in total. The predicted molar refractivity (Wildman–Crippen MR) is 168 cm³/mol. The van der Waals surface area contributed by atoms with Gasteiger partial charge in [0.15, 0.2) is 0 Å². The summed E-state index contributed by atoms with van der Waals surface area (Å²) in [5.41, 5.74) is 5.76. The molecule has 0 aromatic carbocycles. The van der Waals surface area contributed by atoms with Gasteiger partial charge in [0.05, 0.1) is 6.04 Å². The van der Waals surface area contributed by atoms with Crippen molar-refractivity contribution in [2.75, 3.05) is 34.2 Å². The van der Waals surface area contributed by atoms with E-state index in [1.807, 2.05) is 62.3 Å². The second-order valence-corrected chi connectivity index (χ2v) is 14.5. The molecule has 0 aliphatic carbocycles. The molecule has 2 saturated heterocycles. The second kappa shape index (κ2) is 14.4. The molecular formula is C32H58N6O5. The van der Waals surface area contributed by atoms with Crippen LogP contribution >= 0.6 is 0 Å². The predicted octanol–water partition coefficient (Wildman–Crippen LogP) is 2.17.